The van der Waals surface area contributed by atoms with Crippen LogP contribution in [0.4, 0.5) is 5.69 Å². The Kier molecular flexibility index (Phi) is 2.04. The van der Waals surface area contributed by atoms with Crippen LogP contribution in [-0.4, -0.2) is 14.1 Å². The first kappa shape index (κ1) is 8.88. The van der Waals surface area contributed by atoms with Crippen LogP contribution in [0.5, 0.6) is 0 Å². The minimum absolute atomic E-state index is 0.816. The summed E-state index contributed by atoms with van der Waals surface area (Å²) in [6, 6.07) is 8.15. The number of hydrogen-bond donors (Lipinski definition) is 0. The van der Waals surface area contributed by atoms with Gasteiger partial charge in [0.05, 0.1) is 0 Å². The Hall–Kier alpha value is -1.70. The Morgan fingerprint density at radius 2 is 2.07 bits per heavy atom. The molecule has 0 saturated heterocycles. The number of benzene rings is 1. The van der Waals surface area contributed by atoms with Gasteiger partial charge in [-0.25, -0.2) is 0 Å². The molecule has 1 aromatic heterocycles. The molecule has 2 aromatic rings. The van der Waals surface area contributed by atoms with E-state index in [1.165, 1.54) is 0 Å². The van der Waals surface area contributed by atoms with Crippen molar-refractivity contribution in [2.24, 2.45) is 0 Å². The van der Waals surface area contributed by atoms with E-state index >= 15 is 0 Å². The number of fused-ring (bicyclic) bond motifs is 1. The van der Waals surface area contributed by atoms with E-state index in [1.54, 1.807) is 6.08 Å². The fourth-order valence-corrected chi connectivity index (χ4v) is 1.42. The zero-order valence-electron chi connectivity index (χ0n) is 8.45. The molecular weight excluding hydrogens is 174 g/mol. The lowest BCUT2D eigenvalue weighted by Gasteiger charge is -2.11. The molecule has 2 nitrogen and oxygen atoms in total. The lowest BCUT2D eigenvalue weighted by molar-refractivity contribution is 0.604. The second-order valence-electron chi connectivity index (χ2n) is 3.47. The van der Waals surface area contributed by atoms with Gasteiger partial charge in [0.15, 0.2) is 0 Å². The maximum absolute atomic E-state index is 5.56. The van der Waals surface area contributed by atoms with E-state index < -0.39 is 0 Å². The summed E-state index contributed by atoms with van der Waals surface area (Å²) in [7, 11) is 4.02. The highest BCUT2D eigenvalue weighted by atomic mass is 16.3. The number of anilines is 1. The van der Waals surface area contributed by atoms with Gasteiger partial charge in [0.1, 0.15) is 11.3 Å². The summed E-state index contributed by atoms with van der Waals surface area (Å²) in [6.07, 6.45) is 1.72. The molecule has 0 atom stereocenters. The van der Waals surface area contributed by atoms with Crippen molar-refractivity contribution < 1.29 is 4.42 Å². The maximum Gasteiger partial charge on any atom is 0.136 e. The number of nitrogens with zero attached hydrogens (tertiary/aromatic N) is 1. The first-order valence-electron chi connectivity index (χ1n) is 4.54. The third kappa shape index (κ3) is 1.39. The van der Waals surface area contributed by atoms with Gasteiger partial charge in [-0.1, -0.05) is 6.58 Å². The maximum atomic E-state index is 5.56. The van der Waals surface area contributed by atoms with Crippen molar-refractivity contribution in [2.75, 3.05) is 19.0 Å². The summed E-state index contributed by atoms with van der Waals surface area (Å²) in [5.41, 5.74) is 2.05. The van der Waals surface area contributed by atoms with Crippen LogP contribution in [0.25, 0.3) is 17.0 Å². The molecule has 0 aliphatic rings. The van der Waals surface area contributed by atoms with Crippen molar-refractivity contribution in [3.8, 4) is 0 Å². The first-order chi connectivity index (χ1) is 6.70. The predicted molar refractivity (Wildman–Crippen MR) is 60.6 cm³/mol. The summed E-state index contributed by atoms with van der Waals surface area (Å²) in [5, 5.41) is 1.12. The van der Waals surface area contributed by atoms with Crippen LogP contribution in [0.2, 0.25) is 0 Å². The van der Waals surface area contributed by atoms with Gasteiger partial charge in [0.2, 0.25) is 0 Å². The molecule has 0 radical (unpaired) electrons. The van der Waals surface area contributed by atoms with Crippen molar-refractivity contribution >= 4 is 22.7 Å². The molecular formula is C12H13NO. The molecule has 0 bridgehead atoms. The van der Waals surface area contributed by atoms with Crippen LogP contribution in [0, 0.1) is 0 Å². The van der Waals surface area contributed by atoms with Crippen LogP contribution in [0.1, 0.15) is 5.76 Å². The summed E-state index contributed by atoms with van der Waals surface area (Å²) in [6.45, 7) is 3.68. The molecule has 72 valence electrons. The average molecular weight is 187 g/mol. The van der Waals surface area contributed by atoms with E-state index in [0.29, 0.717) is 0 Å². The average Bonchev–Trinajstić information content (AvgIpc) is 2.58. The van der Waals surface area contributed by atoms with E-state index in [2.05, 4.69) is 23.6 Å². The molecule has 0 amide bonds. The van der Waals surface area contributed by atoms with E-state index in [-0.39, 0.29) is 0 Å². The highest BCUT2D eigenvalue weighted by molar-refractivity contribution is 5.83. The Labute approximate surface area is 83.4 Å². The van der Waals surface area contributed by atoms with Gasteiger partial charge in [0.25, 0.3) is 0 Å². The second-order valence-corrected chi connectivity index (χ2v) is 3.47. The van der Waals surface area contributed by atoms with Crippen molar-refractivity contribution in [3.63, 3.8) is 0 Å². The third-order valence-electron chi connectivity index (χ3n) is 2.24. The molecule has 2 heteroatoms. The summed E-state index contributed by atoms with van der Waals surface area (Å²) >= 11 is 0. The van der Waals surface area contributed by atoms with Gasteiger partial charge in [-0.05, 0) is 24.3 Å². The van der Waals surface area contributed by atoms with E-state index in [9.17, 15) is 0 Å². The fraction of sp³-hybridized carbons (Fsp3) is 0.167. The molecule has 0 aliphatic heterocycles. The molecule has 14 heavy (non-hydrogen) atoms. The molecule has 0 fully saturated rings. The normalized spacial score (nSPS) is 10.4. The smallest absolute Gasteiger partial charge is 0.136 e. The highest BCUT2D eigenvalue weighted by Gasteiger charge is 2.02. The van der Waals surface area contributed by atoms with Gasteiger partial charge in [-0.2, -0.15) is 0 Å². The van der Waals surface area contributed by atoms with Gasteiger partial charge < -0.3 is 9.32 Å². The molecule has 0 spiro atoms. The van der Waals surface area contributed by atoms with Crippen molar-refractivity contribution in [2.45, 2.75) is 0 Å². The standard InChI is InChI=1S/C12H13NO/c1-4-11-7-9-5-6-10(13(2)3)8-12(9)14-11/h4-8H,1H2,2-3H3. The first-order valence-corrected chi connectivity index (χ1v) is 4.54. The minimum Gasteiger partial charge on any atom is -0.457 e. The SMILES string of the molecule is C=Cc1cc2ccc(N(C)C)cc2o1. The summed E-state index contributed by atoms with van der Waals surface area (Å²) in [5.74, 6) is 0.816. The molecule has 0 N–H and O–H groups in total. The van der Waals surface area contributed by atoms with E-state index in [0.717, 1.165) is 22.4 Å². The van der Waals surface area contributed by atoms with Gasteiger partial charge >= 0.3 is 0 Å². The van der Waals surface area contributed by atoms with Gasteiger partial charge in [-0.15, -0.1) is 0 Å². The molecule has 1 aromatic carbocycles. The van der Waals surface area contributed by atoms with Crippen molar-refractivity contribution in [1.82, 2.24) is 0 Å². The van der Waals surface area contributed by atoms with Crippen LogP contribution in [0.15, 0.2) is 35.3 Å². The Balaban J connectivity index is 2.59. The Morgan fingerprint density at radius 1 is 1.29 bits per heavy atom. The fourth-order valence-electron chi connectivity index (χ4n) is 1.42. The molecule has 1 heterocycles. The Morgan fingerprint density at radius 3 is 2.71 bits per heavy atom. The van der Waals surface area contributed by atoms with Crippen molar-refractivity contribution in [1.29, 1.82) is 0 Å². The third-order valence-corrected chi connectivity index (χ3v) is 2.24. The quantitative estimate of drug-likeness (QED) is 0.718. The number of hydrogen-bond acceptors (Lipinski definition) is 2. The number of rotatable bonds is 2. The molecule has 0 unspecified atom stereocenters. The van der Waals surface area contributed by atoms with Crippen LogP contribution in [0.3, 0.4) is 0 Å². The van der Waals surface area contributed by atoms with Gasteiger partial charge in [0, 0.05) is 31.2 Å². The monoisotopic (exact) mass is 187 g/mol. The summed E-state index contributed by atoms with van der Waals surface area (Å²) in [4.78, 5) is 2.05. The van der Waals surface area contributed by atoms with Crippen LogP contribution >= 0.6 is 0 Å². The van der Waals surface area contributed by atoms with E-state index in [4.69, 9.17) is 4.42 Å². The zero-order chi connectivity index (χ0) is 10.1. The zero-order valence-corrected chi connectivity index (χ0v) is 8.45. The van der Waals surface area contributed by atoms with Gasteiger partial charge in [-0.3, -0.25) is 0 Å². The van der Waals surface area contributed by atoms with Crippen molar-refractivity contribution in [3.05, 3.63) is 36.6 Å². The molecule has 0 aliphatic carbocycles. The highest BCUT2D eigenvalue weighted by Crippen LogP contribution is 2.24. The molecule has 2 rings (SSSR count). The lowest BCUT2D eigenvalue weighted by atomic mass is 10.2. The molecule has 0 saturated carbocycles. The Bertz CT molecular complexity index is 468. The summed E-state index contributed by atoms with van der Waals surface area (Å²) < 4.78 is 5.56. The second kappa shape index (κ2) is 3.22. The van der Waals surface area contributed by atoms with E-state index in [1.807, 2.05) is 26.2 Å². The van der Waals surface area contributed by atoms with Crippen LogP contribution < -0.4 is 4.90 Å². The predicted octanol–water partition coefficient (Wildman–Crippen LogP) is 3.14. The number of furan rings is 1. The topological polar surface area (TPSA) is 16.4 Å². The largest absolute Gasteiger partial charge is 0.457 e. The van der Waals surface area contributed by atoms with Crippen LogP contribution in [-0.2, 0) is 0 Å². The lowest BCUT2D eigenvalue weighted by Crippen LogP contribution is -2.07. The minimum atomic E-state index is 0.816.